The van der Waals surface area contributed by atoms with Gasteiger partial charge in [0.2, 0.25) is 0 Å². The van der Waals surface area contributed by atoms with Crippen LogP contribution in [0.1, 0.15) is 18.1 Å². The van der Waals surface area contributed by atoms with E-state index in [1.54, 1.807) is 17.0 Å². The van der Waals surface area contributed by atoms with Gasteiger partial charge in [0.15, 0.2) is 5.82 Å². The lowest BCUT2D eigenvalue weighted by Gasteiger charge is -2.40. The standard InChI is InChI=1S/C28H22FN7O/c1-18-17-35(28(37)32-25-11-8-20(16-31)14-24(25)29)12-13-36(18)27-23-5-3-2-4-22(23)26(33-34-27)21-9-6-19(15-30)7-10-21/h2-11,14,18H,12-13,17H2,1H3,(H,32,37). The van der Waals surface area contributed by atoms with Crippen LogP contribution in [-0.4, -0.2) is 46.8 Å². The largest absolute Gasteiger partial charge is 0.348 e. The van der Waals surface area contributed by atoms with E-state index in [1.807, 2.05) is 49.4 Å². The molecule has 1 aromatic heterocycles. The lowest BCUT2D eigenvalue weighted by Crippen LogP contribution is -2.55. The van der Waals surface area contributed by atoms with E-state index in [2.05, 4.69) is 26.5 Å². The molecule has 1 N–H and O–H groups in total. The van der Waals surface area contributed by atoms with Crippen molar-refractivity contribution in [2.75, 3.05) is 29.9 Å². The van der Waals surface area contributed by atoms with Crippen molar-refractivity contribution in [2.45, 2.75) is 13.0 Å². The predicted molar refractivity (Wildman–Crippen MR) is 138 cm³/mol. The molecule has 3 aromatic carbocycles. The number of nitriles is 2. The fourth-order valence-electron chi connectivity index (χ4n) is 4.55. The average Bonchev–Trinajstić information content (AvgIpc) is 2.93. The summed E-state index contributed by atoms with van der Waals surface area (Å²) in [6.07, 6.45) is 0. The number of benzene rings is 3. The Kier molecular flexibility index (Phi) is 6.36. The van der Waals surface area contributed by atoms with Crippen LogP contribution in [0.25, 0.3) is 22.0 Å². The van der Waals surface area contributed by atoms with Crippen molar-refractivity contribution in [1.29, 1.82) is 10.5 Å². The van der Waals surface area contributed by atoms with Crippen molar-refractivity contribution >= 4 is 28.3 Å². The highest BCUT2D eigenvalue weighted by molar-refractivity contribution is 6.00. The lowest BCUT2D eigenvalue weighted by molar-refractivity contribution is 0.200. The minimum Gasteiger partial charge on any atom is -0.348 e. The zero-order valence-electron chi connectivity index (χ0n) is 20.0. The summed E-state index contributed by atoms with van der Waals surface area (Å²) in [6, 6.07) is 22.7. The molecule has 1 atom stereocenters. The maximum atomic E-state index is 14.2. The molecule has 0 spiro atoms. The second-order valence-electron chi connectivity index (χ2n) is 8.83. The van der Waals surface area contributed by atoms with Gasteiger partial charge >= 0.3 is 6.03 Å². The van der Waals surface area contributed by atoms with Gasteiger partial charge in [0.05, 0.1) is 29.0 Å². The van der Waals surface area contributed by atoms with E-state index in [0.717, 1.165) is 33.9 Å². The van der Waals surface area contributed by atoms with Gasteiger partial charge in [0.1, 0.15) is 11.5 Å². The number of carbonyl (C=O) groups is 1. The average molecular weight is 492 g/mol. The maximum absolute atomic E-state index is 14.2. The number of carbonyl (C=O) groups excluding carboxylic acids is 1. The molecule has 2 amide bonds. The highest BCUT2D eigenvalue weighted by Gasteiger charge is 2.29. The molecule has 1 aliphatic heterocycles. The summed E-state index contributed by atoms with van der Waals surface area (Å²) in [7, 11) is 0. The van der Waals surface area contributed by atoms with Crippen LogP contribution in [0.15, 0.2) is 66.7 Å². The van der Waals surface area contributed by atoms with E-state index in [-0.39, 0.29) is 17.3 Å². The molecule has 1 unspecified atom stereocenters. The SMILES string of the molecule is CC1CN(C(=O)Nc2ccc(C#N)cc2F)CCN1c1nnc(-c2ccc(C#N)cc2)c2ccccc12. The van der Waals surface area contributed by atoms with Gasteiger partial charge in [-0.15, -0.1) is 10.2 Å². The van der Waals surface area contributed by atoms with E-state index >= 15 is 0 Å². The summed E-state index contributed by atoms with van der Waals surface area (Å²) < 4.78 is 14.2. The number of piperazine rings is 1. The molecule has 8 nitrogen and oxygen atoms in total. The normalized spacial score (nSPS) is 15.2. The number of aromatic nitrogens is 2. The van der Waals surface area contributed by atoms with Crippen molar-refractivity contribution in [3.8, 4) is 23.4 Å². The first-order valence-corrected chi connectivity index (χ1v) is 11.8. The zero-order chi connectivity index (χ0) is 25.9. The Morgan fingerprint density at radius 2 is 1.68 bits per heavy atom. The predicted octanol–water partition coefficient (Wildman–Crippen LogP) is 4.92. The minimum absolute atomic E-state index is 0.0364. The number of urea groups is 1. The van der Waals surface area contributed by atoms with Crippen molar-refractivity contribution in [3.05, 3.63) is 83.7 Å². The Morgan fingerprint density at radius 3 is 2.35 bits per heavy atom. The quantitative estimate of drug-likeness (QED) is 0.436. The smallest absolute Gasteiger partial charge is 0.322 e. The van der Waals surface area contributed by atoms with Crippen LogP contribution >= 0.6 is 0 Å². The molecule has 0 radical (unpaired) electrons. The molecule has 1 aliphatic rings. The molecule has 37 heavy (non-hydrogen) atoms. The van der Waals surface area contributed by atoms with Crippen LogP contribution in [-0.2, 0) is 0 Å². The molecular weight excluding hydrogens is 469 g/mol. The van der Waals surface area contributed by atoms with Crippen molar-refractivity contribution in [2.24, 2.45) is 0 Å². The van der Waals surface area contributed by atoms with E-state index < -0.39 is 11.8 Å². The summed E-state index contributed by atoms with van der Waals surface area (Å²) in [4.78, 5) is 16.6. The van der Waals surface area contributed by atoms with Crippen molar-refractivity contribution < 1.29 is 9.18 Å². The molecule has 5 rings (SSSR count). The third-order valence-corrected chi connectivity index (χ3v) is 6.48. The summed E-state index contributed by atoms with van der Waals surface area (Å²) >= 11 is 0. The Morgan fingerprint density at radius 1 is 0.973 bits per heavy atom. The first kappa shape index (κ1) is 23.7. The molecule has 2 heterocycles. The van der Waals surface area contributed by atoms with Gasteiger partial charge in [-0.1, -0.05) is 36.4 Å². The monoisotopic (exact) mass is 491 g/mol. The molecular formula is C28H22FN7O. The molecule has 4 aromatic rings. The van der Waals surface area contributed by atoms with Crippen LogP contribution in [0.4, 0.5) is 20.7 Å². The summed E-state index contributed by atoms with van der Waals surface area (Å²) in [6.45, 7) is 3.37. The number of fused-ring (bicyclic) bond motifs is 1. The number of amides is 2. The Balaban J connectivity index is 1.36. The third kappa shape index (κ3) is 4.63. The van der Waals surface area contributed by atoms with E-state index in [9.17, 15) is 9.18 Å². The first-order valence-electron chi connectivity index (χ1n) is 11.8. The van der Waals surface area contributed by atoms with E-state index in [0.29, 0.717) is 25.2 Å². The van der Waals surface area contributed by atoms with Gasteiger partial charge in [-0.25, -0.2) is 9.18 Å². The van der Waals surface area contributed by atoms with Crippen LogP contribution < -0.4 is 10.2 Å². The third-order valence-electron chi connectivity index (χ3n) is 6.48. The highest BCUT2D eigenvalue weighted by Crippen LogP contribution is 2.33. The first-order chi connectivity index (χ1) is 18.0. The number of hydrogen-bond donors (Lipinski definition) is 1. The second kappa shape index (κ2) is 9.92. The van der Waals surface area contributed by atoms with Crippen LogP contribution in [0.2, 0.25) is 0 Å². The Hall–Kier alpha value is -5.02. The second-order valence-corrected chi connectivity index (χ2v) is 8.83. The van der Waals surface area contributed by atoms with Gasteiger partial charge in [0.25, 0.3) is 0 Å². The number of rotatable bonds is 3. The van der Waals surface area contributed by atoms with Gasteiger partial charge in [-0.2, -0.15) is 10.5 Å². The number of hydrogen-bond acceptors (Lipinski definition) is 6. The van der Waals surface area contributed by atoms with Crippen LogP contribution in [0.3, 0.4) is 0 Å². The fourth-order valence-corrected chi connectivity index (χ4v) is 4.55. The topological polar surface area (TPSA) is 109 Å². The van der Waals surface area contributed by atoms with Gasteiger partial charge in [-0.3, -0.25) is 0 Å². The van der Waals surface area contributed by atoms with Crippen molar-refractivity contribution in [1.82, 2.24) is 15.1 Å². The molecule has 1 fully saturated rings. The number of nitrogens with one attached hydrogen (secondary N) is 1. The molecule has 182 valence electrons. The van der Waals surface area contributed by atoms with Crippen LogP contribution in [0.5, 0.6) is 0 Å². The van der Waals surface area contributed by atoms with Gasteiger partial charge in [0, 0.05) is 42.0 Å². The Labute approximate surface area is 213 Å². The number of anilines is 2. The minimum atomic E-state index is -0.650. The molecule has 1 saturated heterocycles. The fraction of sp³-hybridized carbons (Fsp3) is 0.179. The summed E-state index contributed by atoms with van der Waals surface area (Å²) in [5.41, 5.74) is 2.42. The number of nitrogens with zero attached hydrogens (tertiary/aromatic N) is 6. The van der Waals surface area contributed by atoms with Crippen molar-refractivity contribution in [3.63, 3.8) is 0 Å². The van der Waals surface area contributed by atoms with E-state index in [4.69, 9.17) is 10.5 Å². The zero-order valence-corrected chi connectivity index (χ0v) is 20.0. The van der Waals surface area contributed by atoms with Crippen LogP contribution in [0, 0.1) is 28.5 Å². The molecule has 0 bridgehead atoms. The maximum Gasteiger partial charge on any atom is 0.322 e. The summed E-state index contributed by atoms with van der Waals surface area (Å²) in [5, 5.41) is 31.6. The summed E-state index contributed by atoms with van der Waals surface area (Å²) in [5.74, 6) is 0.0851. The highest BCUT2D eigenvalue weighted by atomic mass is 19.1. The molecule has 0 aliphatic carbocycles. The molecule has 0 saturated carbocycles. The van der Waals surface area contributed by atoms with Gasteiger partial charge < -0.3 is 15.1 Å². The lowest BCUT2D eigenvalue weighted by atomic mass is 10.0. The van der Waals surface area contributed by atoms with E-state index in [1.165, 1.54) is 12.1 Å². The Bertz CT molecular complexity index is 1570. The van der Waals surface area contributed by atoms with Gasteiger partial charge in [-0.05, 0) is 37.3 Å². The number of halogens is 1. The molecule has 9 heteroatoms.